The number of hydrogen-bond acceptors (Lipinski definition) is 0. The summed E-state index contributed by atoms with van der Waals surface area (Å²) in [6.07, 6.45) is 18.4. The van der Waals surface area contributed by atoms with Crippen molar-refractivity contribution in [1.29, 1.82) is 0 Å². The second-order valence-electron chi connectivity index (χ2n) is 12.7. The van der Waals surface area contributed by atoms with Crippen molar-refractivity contribution in [2.75, 3.05) is 0 Å². The van der Waals surface area contributed by atoms with Gasteiger partial charge in [-0.05, 0) is 141 Å². The number of halogens is 2. The Morgan fingerprint density at radius 2 is 1.11 bits per heavy atom. The lowest BCUT2D eigenvalue weighted by atomic mass is 9.68. The highest BCUT2D eigenvalue weighted by molar-refractivity contribution is 5.32. The minimum absolute atomic E-state index is 0.00987. The monoisotopic (exact) mass is 506 g/mol. The van der Waals surface area contributed by atoms with Crippen LogP contribution in [0.2, 0.25) is 0 Å². The maximum absolute atomic E-state index is 15.4. The molecular weight excluding hydrogens is 458 g/mol. The van der Waals surface area contributed by atoms with Gasteiger partial charge in [-0.2, -0.15) is 0 Å². The number of hydrogen-bond donors (Lipinski definition) is 0. The van der Waals surface area contributed by atoms with Crippen LogP contribution in [0.1, 0.15) is 144 Å². The van der Waals surface area contributed by atoms with Crippen LogP contribution in [-0.4, -0.2) is 0 Å². The van der Waals surface area contributed by atoms with Crippen molar-refractivity contribution < 1.29 is 8.78 Å². The summed E-state index contributed by atoms with van der Waals surface area (Å²) in [6, 6.07) is 12.0. The molecule has 0 radical (unpaired) electrons. The summed E-state index contributed by atoms with van der Waals surface area (Å²) < 4.78 is 29.7. The lowest BCUT2D eigenvalue weighted by Gasteiger charge is -2.38. The third-order valence-electron chi connectivity index (χ3n) is 10.6. The zero-order valence-electron chi connectivity index (χ0n) is 23.3. The molecule has 0 spiro atoms. The second-order valence-corrected chi connectivity index (χ2v) is 12.7. The summed E-state index contributed by atoms with van der Waals surface area (Å²) in [7, 11) is 0. The average molecular weight is 507 g/mol. The van der Waals surface area contributed by atoms with Gasteiger partial charge in [-0.15, -0.1) is 0 Å². The van der Waals surface area contributed by atoms with Gasteiger partial charge in [0.2, 0.25) is 0 Å². The van der Waals surface area contributed by atoms with Crippen LogP contribution in [0, 0.1) is 29.4 Å². The van der Waals surface area contributed by atoms with Crippen LogP contribution in [0.4, 0.5) is 8.78 Å². The highest BCUT2D eigenvalue weighted by Crippen LogP contribution is 2.46. The zero-order valence-corrected chi connectivity index (χ0v) is 23.3. The van der Waals surface area contributed by atoms with E-state index in [2.05, 4.69) is 25.1 Å². The molecule has 2 aromatic carbocycles. The zero-order chi connectivity index (χ0) is 25.8. The highest BCUT2D eigenvalue weighted by atomic mass is 19.1. The van der Waals surface area contributed by atoms with E-state index in [0.717, 1.165) is 66.5 Å². The van der Waals surface area contributed by atoms with Gasteiger partial charge in [0.15, 0.2) is 0 Å². The first-order chi connectivity index (χ1) is 18.1. The molecule has 0 bridgehead atoms. The standard InChI is InChI=1S/C35H48F2/c1-3-5-24-6-8-26(9-7-24)27-11-13-28(14-12-27)32-20-21-33(35(37)23-32)30-17-15-29(16-18-30)31-19-10-25(4-2)34(36)22-31/h10,19-24,26-30H,3-9,11-18H2,1-2H3. The fourth-order valence-electron chi connectivity index (χ4n) is 8.25. The molecule has 0 heterocycles. The molecule has 202 valence electrons. The fourth-order valence-corrected chi connectivity index (χ4v) is 8.25. The van der Waals surface area contributed by atoms with Gasteiger partial charge >= 0.3 is 0 Å². The topological polar surface area (TPSA) is 0 Å². The minimum Gasteiger partial charge on any atom is -0.207 e. The Kier molecular flexibility index (Phi) is 9.04. The van der Waals surface area contributed by atoms with Crippen molar-refractivity contribution in [3.8, 4) is 0 Å². The molecule has 2 aromatic rings. The summed E-state index contributed by atoms with van der Waals surface area (Å²) in [6.45, 7) is 4.32. The number of aryl methyl sites for hydroxylation is 1. The molecule has 0 aliphatic heterocycles. The minimum atomic E-state index is -0.0721. The quantitative estimate of drug-likeness (QED) is 0.350. The molecule has 0 nitrogen and oxygen atoms in total. The summed E-state index contributed by atoms with van der Waals surface area (Å²) in [5.74, 6) is 4.01. The Balaban J connectivity index is 1.12. The Labute approximate surface area is 224 Å². The molecule has 0 amide bonds. The molecule has 5 rings (SSSR count). The van der Waals surface area contributed by atoms with Crippen LogP contribution in [-0.2, 0) is 6.42 Å². The summed E-state index contributed by atoms with van der Waals surface area (Å²) in [5.41, 5.74) is 4.05. The van der Waals surface area contributed by atoms with Crippen molar-refractivity contribution in [2.24, 2.45) is 17.8 Å². The first-order valence-corrected chi connectivity index (χ1v) is 15.6. The Hall–Kier alpha value is -1.70. The Morgan fingerprint density at radius 3 is 1.65 bits per heavy atom. The smallest absolute Gasteiger partial charge is 0.126 e. The fraction of sp³-hybridized carbons (Fsp3) is 0.657. The summed E-state index contributed by atoms with van der Waals surface area (Å²) in [4.78, 5) is 0. The molecule has 0 aromatic heterocycles. The molecule has 37 heavy (non-hydrogen) atoms. The van der Waals surface area contributed by atoms with E-state index in [4.69, 9.17) is 0 Å². The normalized spacial score (nSPS) is 30.8. The molecule has 0 saturated heterocycles. The van der Waals surface area contributed by atoms with E-state index in [1.807, 2.05) is 19.1 Å². The van der Waals surface area contributed by atoms with E-state index in [1.165, 1.54) is 69.8 Å². The molecule has 3 aliphatic carbocycles. The van der Waals surface area contributed by atoms with Gasteiger partial charge in [-0.1, -0.05) is 63.8 Å². The van der Waals surface area contributed by atoms with Gasteiger partial charge < -0.3 is 0 Å². The van der Waals surface area contributed by atoms with Crippen molar-refractivity contribution in [2.45, 2.75) is 128 Å². The maximum atomic E-state index is 15.4. The van der Waals surface area contributed by atoms with Crippen molar-refractivity contribution >= 4 is 0 Å². The largest absolute Gasteiger partial charge is 0.207 e. The van der Waals surface area contributed by atoms with Gasteiger partial charge in [0.05, 0.1) is 0 Å². The number of rotatable bonds is 7. The molecule has 3 saturated carbocycles. The SMILES string of the molecule is CCCC1CCC(C2CCC(c3ccc(C4CCC(c5ccc(CC)c(F)c5)CC4)c(F)c3)CC2)CC1. The van der Waals surface area contributed by atoms with Crippen LogP contribution < -0.4 is 0 Å². The molecule has 0 unspecified atom stereocenters. The van der Waals surface area contributed by atoms with E-state index in [0.29, 0.717) is 17.8 Å². The highest BCUT2D eigenvalue weighted by Gasteiger charge is 2.32. The first kappa shape index (κ1) is 26.9. The van der Waals surface area contributed by atoms with Crippen LogP contribution in [0.25, 0.3) is 0 Å². The van der Waals surface area contributed by atoms with Crippen LogP contribution in [0.3, 0.4) is 0 Å². The number of benzene rings is 2. The molecular formula is C35H48F2. The second kappa shape index (κ2) is 12.4. The summed E-state index contributed by atoms with van der Waals surface area (Å²) >= 11 is 0. The van der Waals surface area contributed by atoms with Gasteiger partial charge in [0.25, 0.3) is 0 Å². The maximum Gasteiger partial charge on any atom is 0.126 e. The average Bonchev–Trinajstić information content (AvgIpc) is 2.94. The van der Waals surface area contributed by atoms with Crippen LogP contribution >= 0.6 is 0 Å². The Bertz CT molecular complexity index is 1000. The van der Waals surface area contributed by atoms with E-state index < -0.39 is 0 Å². The van der Waals surface area contributed by atoms with Crippen molar-refractivity contribution in [3.05, 3.63) is 70.3 Å². The molecule has 0 N–H and O–H groups in total. The molecule has 3 aliphatic rings. The third kappa shape index (κ3) is 6.31. The predicted octanol–water partition coefficient (Wildman–Crippen LogP) is 10.8. The summed E-state index contributed by atoms with van der Waals surface area (Å²) in [5, 5.41) is 0. The van der Waals surface area contributed by atoms with Gasteiger partial charge in [-0.25, -0.2) is 8.78 Å². The Morgan fingerprint density at radius 1 is 0.595 bits per heavy atom. The van der Waals surface area contributed by atoms with Gasteiger partial charge in [-0.3, -0.25) is 0 Å². The van der Waals surface area contributed by atoms with E-state index >= 15 is 4.39 Å². The van der Waals surface area contributed by atoms with Gasteiger partial charge in [0, 0.05) is 0 Å². The van der Waals surface area contributed by atoms with E-state index in [1.54, 1.807) is 6.07 Å². The van der Waals surface area contributed by atoms with E-state index in [9.17, 15) is 4.39 Å². The van der Waals surface area contributed by atoms with Crippen LogP contribution in [0.15, 0.2) is 36.4 Å². The first-order valence-electron chi connectivity index (χ1n) is 15.6. The van der Waals surface area contributed by atoms with E-state index in [-0.39, 0.29) is 11.6 Å². The van der Waals surface area contributed by atoms with Gasteiger partial charge in [0.1, 0.15) is 11.6 Å². The third-order valence-corrected chi connectivity index (χ3v) is 10.6. The molecule has 2 heteroatoms. The van der Waals surface area contributed by atoms with Crippen molar-refractivity contribution in [1.82, 2.24) is 0 Å². The van der Waals surface area contributed by atoms with Crippen LogP contribution in [0.5, 0.6) is 0 Å². The predicted molar refractivity (Wildman–Crippen MR) is 151 cm³/mol. The molecule has 3 fully saturated rings. The van der Waals surface area contributed by atoms with Crippen molar-refractivity contribution in [3.63, 3.8) is 0 Å². The molecule has 0 atom stereocenters. The lowest BCUT2D eigenvalue weighted by Crippen LogP contribution is -2.25. The lowest BCUT2D eigenvalue weighted by molar-refractivity contribution is 0.156.